The fourth-order valence-electron chi connectivity index (χ4n) is 1.81. The molecule has 8 heteroatoms. The number of aromatic hydroxyl groups is 1. The highest BCUT2D eigenvalue weighted by Crippen LogP contribution is 2.37. The Labute approximate surface area is 119 Å². The van der Waals surface area contributed by atoms with Gasteiger partial charge in [-0.2, -0.15) is 0 Å². The SMILES string of the molecule is CC1(C)OB(c2cc(S(C)(=O)=O)ncc2O)OC1(C)C. The second kappa shape index (κ2) is 4.44. The number of sulfone groups is 1. The van der Waals surface area contributed by atoms with Crippen LogP contribution in [0.25, 0.3) is 0 Å². The summed E-state index contributed by atoms with van der Waals surface area (Å²) in [6.07, 6.45) is 2.15. The smallest absolute Gasteiger partial charge is 0.498 e. The van der Waals surface area contributed by atoms with Gasteiger partial charge in [0.25, 0.3) is 0 Å². The molecule has 0 bridgehead atoms. The van der Waals surface area contributed by atoms with E-state index in [1.165, 1.54) is 6.07 Å². The third-order valence-corrected chi connectivity index (χ3v) is 4.76. The Balaban J connectivity index is 2.45. The minimum atomic E-state index is -3.46. The molecule has 0 aliphatic carbocycles. The van der Waals surface area contributed by atoms with Gasteiger partial charge in [-0.1, -0.05) is 0 Å². The Morgan fingerprint density at radius 3 is 2.15 bits per heavy atom. The maximum atomic E-state index is 11.5. The van der Waals surface area contributed by atoms with Gasteiger partial charge >= 0.3 is 7.12 Å². The summed E-state index contributed by atoms with van der Waals surface area (Å²) in [5.41, 5.74) is -0.879. The molecule has 1 aromatic heterocycles. The molecule has 2 rings (SSSR count). The van der Waals surface area contributed by atoms with Crippen LogP contribution in [0.15, 0.2) is 17.3 Å². The Bertz CT molecular complexity index is 625. The highest BCUT2D eigenvalue weighted by atomic mass is 32.2. The number of rotatable bonds is 2. The average molecular weight is 299 g/mol. The van der Waals surface area contributed by atoms with Gasteiger partial charge in [-0.15, -0.1) is 0 Å². The molecule has 1 aliphatic heterocycles. The van der Waals surface area contributed by atoms with Crippen LogP contribution >= 0.6 is 0 Å². The van der Waals surface area contributed by atoms with Crippen molar-refractivity contribution in [3.8, 4) is 5.75 Å². The van der Waals surface area contributed by atoms with Crippen LogP contribution in [-0.4, -0.2) is 43.1 Å². The minimum Gasteiger partial charge on any atom is -0.507 e. The lowest BCUT2D eigenvalue weighted by atomic mass is 9.79. The van der Waals surface area contributed by atoms with Gasteiger partial charge in [0.1, 0.15) is 5.75 Å². The Morgan fingerprint density at radius 2 is 1.70 bits per heavy atom. The number of hydrogen-bond acceptors (Lipinski definition) is 6. The second-order valence-electron chi connectivity index (χ2n) is 5.94. The summed E-state index contributed by atoms with van der Waals surface area (Å²) in [6, 6.07) is 1.28. The van der Waals surface area contributed by atoms with Crippen LogP contribution in [0, 0.1) is 0 Å². The molecule has 1 aromatic rings. The molecule has 1 fully saturated rings. The van der Waals surface area contributed by atoms with Crippen molar-refractivity contribution >= 4 is 22.4 Å². The van der Waals surface area contributed by atoms with E-state index in [9.17, 15) is 13.5 Å². The van der Waals surface area contributed by atoms with Gasteiger partial charge in [-0.3, -0.25) is 0 Å². The first-order valence-electron chi connectivity index (χ1n) is 6.19. The number of aromatic nitrogens is 1. The van der Waals surface area contributed by atoms with Crippen LogP contribution in [0.1, 0.15) is 27.7 Å². The molecule has 0 radical (unpaired) electrons. The summed E-state index contributed by atoms with van der Waals surface area (Å²) in [4.78, 5) is 3.71. The highest BCUT2D eigenvalue weighted by molar-refractivity contribution is 7.90. The van der Waals surface area contributed by atoms with Crippen molar-refractivity contribution in [2.75, 3.05) is 6.26 Å². The third kappa shape index (κ3) is 2.55. The number of pyridine rings is 1. The second-order valence-corrected chi connectivity index (χ2v) is 7.90. The summed E-state index contributed by atoms with van der Waals surface area (Å²) in [6.45, 7) is 7.51. The van der Waals surface area contributed by atoms with Crippen molar-refractivity contribution in [2.45, 2.75) is 43.9 Å². The van der Waals surface area contributed by atoms with Crippen LogP contribution in [0.3, 0.4) is 0 Å². The third-order valence-electron chi connectivity index (χ3n) is 3.78. The van der Waals surface area contributed by atoms with Crippen molar-refractivity contribution in [1.82, 2.24) is 4.98 Å². The molecule has 1 aliphatic rings. The molecule has 0 unspecified atom stereocenters. The van der Waals surface area contributed by atoms with Crippen molar-refractivity contribution < 1.29 is 22.8 Å². The summed E-state index contributed by atoms with van der Waals surface area (Å²) in [5.74, 6) is -0.157. The highest BCUT2D eigenvalue weighted by Gasteiger charge is 2.52. The van der Waals surface area contributed by atoms with Gasteiger partial charge in [0.2, 0.25) is 0 Å². The fourth-order valence-corrected chi connectivity index (χ4v) is 2.39. The molecule has 1 saturated heterocycles. The Hall–Kier alpha value is -1.12. The zero-order chi connectivity index (χ0) is 15.3. The maximum Gasteiger partial charge on any atom is 0.498 e. The number of hydrogen-bond donors (Lipinski definition) is 1. The quantitative estimate of drug-likeness (QED) is 0.800. The predicted octanol–water partition coefficient (Wildman–Crippen LogP) is 0.490. The van der Waals surface area contributed by atoms with Crippen molar-refractivity contribution in [3.63, 3.8) is 0 Å². The molecule has 20 heavy (non-hydrogen) atoms. The van der Waals surface area contributed by atoms with Gasteiger partial charge in [-0.25, -0.2) is 13.4 Å². The fraction of sp³-hybridized carbons (Fsp3) is 0.583. The summed E-state index contributed by atoms with van der Waals surface area (Å²) < 4.78 is 34.7. The summed E-state index contributed by atoms with van der Waals surface area (Å²) in [7, 11) is -4.29. The molecule has 0 aromatic carbocycles. The van der Waals surface area contributed by atoms with Crippen LogP contribution in [0.2, 0.25) is 0 Å². The average Bonchev–Trinajstić information content (AvgIpc) is 2.46. The molecule has 1 N–H and O–H groups in total. The van der Waals surface area contributed by atoms with Crippen LogP contribution in [0.5, 0.6) is 5.75 Å². The maximum absolute atomic E-state index is 11.5. The van der Waals surface area contributed by atoms with E-state index < -0.39 is 28.2 Å². The van der Waals surface area contributed by atoms with Crippen molar-refractivity contribution in [1.29, 1.82) is 0 Å². The standard InChI is InChI=1S/C12H18BNO5S/c1-11(2)12(3,4)19-13(18-11)8-6-10(20(5,16)17)14-7-9(8)15/h6-7,15H,1-5H3. The number of nitrogens with zero attached hydrogens (tertiary/aromatic N) is 1. The minimum absolute atomic E-state index is 0.125. The van der Waals surface area contributed by atoms with Gasteiger partial charge in [0.15, 0.2) is 14.9 Å². The zero-order valence-corrected chi connectivity index (χ0v) is 13.0. The molecule has 0 atom stereocenters. The van der Waals surface area contributed by atoms with E-state index >= 15 is 0 Å². The van der Waals surface area contributed by atoms with E-state index in [4.69, 9.17) is 9.31 Å². The van der Waals surface area contributed by atoms with Gasteiger partial charge in [0, 0.05) is 11.7 Å². The van der Waals surface area contributed by atoms with Crippen molar-refractivity contribution in [3.05, 3.63) is 12.3 Å². The molecule has 0 amide bonds. The molecular weight excluding hydrogens is 281 g/mol. The van der Waals surface area contributed by atoms with Gasteiger partial charge in [0.05, 0.1) is 17.4 Å². The molecule has 0 saturated carbocycles. The normalized spacial score (nSPS) is 21.1. The summed E-state index contributed by atoms with van der Waals surface area (Å²) >= 11 is 0. The lowest BCUT2D eigenvalue weighted by molar-refractivity contribution is 0.00578. The van der Waals surface area contributed by atoms with Gasteiger partial charge < -0.3 is 14.4 Å². The van der Waals surface area contributed by atoms with E-state index in [0.29, 0.717) is 0 Å². The van der Waals surface area contributed by atoms with Crippen molar-refractivity contribution in [2.24, 2.45) is 0 Å². The monoisotopic (exact) mass is 299 g/mol. The first-order valence-corrected chi connectivity index (χ1v) is 8.08. The molecular formula is C12H18BNO5S. The summed E-state index contributed by atoms with van der Waals surface area (Å²) in [5, 5.41) is 9.76. The molecule has 110 valence electrons. The first-order chi connectivity index (χ1) is 8.94. The lowest BCUT2D eigenvalue weighted by Crippen LogP contribution is -2.41. The molecule has 6 nitrogen and oxygen atoms in total. The predicted molar refractivity (Wildman–Crippen MR) is 74.7 cm³/mol. The van der Waals surface area contributed by atoms with E-state index in [2.05, 4.69) is 4.98 Å². The van der Waals surface area contributed by atoms with E-state index in [0.717, 1.165) is 12.5 Å². The Morgan fingerprint density at radius 1 is 1.20 bits per heavy atom. The van der Waals surface area contributed by atoms with E-state index in [1.54, 1.807) is 0 Å². The largest absolute Gasteiger partial charge is 0.507 e. The van der Waals surface area contributed by atoms with E-state index in [1.807, 2.05) is 27.7 Å². The van der Waals surface area contributed by atoms with Gasteiger partial charge in [-0.05, 0) is 33.8 Å². The van der Waals surface area contributed by atoms with Crippen LogP contribution in [0.4, 0.5) is 0 Å². The van der Waals surface area contributed by atoms with E-state index in [-0.39, 0.29) is 16.2 Å². The van der Waals surface area contributed by atoms with Crippen LogP contribution in [-0.2, 0) is 19.1 Å². The molecule has 0 spiro atoms. The van der Waals surface area contributed by atoms with Crippen LogP contribution < -0.4 is 5.46 Å². The Kier molecular flexibility index (Phi) is 3.39. The molecule has 2 heterocycles. The topological polar surface area (TPSA) is 85.7 Å². The zero-order valence-electron chi connectivity index (χ0n) is 12.2. The first kappa shape index (κ1) is 15.3. The lowest BCUT2D eigenvalue weighted by Gasteiger charge is -2.32.